The van der Waals surface area contributed by atoms with Gasteiger partial charge in [0.25, 0.3) is 0 Å². The van der Waals surface area contributed by atoms with E-state index in [0.717, 1.165) is 25.9 Å². The van der Waals surface area contributed by atoms with Gasteiger partial charge >= 0.3 is 0 Å². The topological polar surface area (TPSA) is 70.8 Å². The summed E-state index contributed by atoms with van der Waals surface area (Å²) in [5, 5.41) is -0.451. The van der Waals surface area contributed by atoms with E-state index in [4.69, 9.17) is 4.42 Å². The van der Waals surface area contributed by atoms with E-state index in [1.807, 2.05) is 0 Å². The molecular formula is C15H22N2O4S. The van der Waals surface area contributed by atoms with Crippen molar-refractivity contribution in [1.29, 1.82) is 0 Å². The molecule has 1 amide bonds. The highest BCUT2D eigenvalue weighted by Gasteiger charge is 2.42. The predicted molar refractivity (Wildman–Crippen MR) is 81.9 cm³/mol. The number of sulfone groups is 1. The molecule has 2 saturated heterocycles. The molecule has 6 nitrogen and oxygen atoms in total. The molecule has 3 heterocycles. The molecule has 0 atom stereocenters. The summed E-state index contributed by atoms with van der Waals surface area (Å²) in [6, 6.07) is 3.35. The van der Waals surface area contributed by atoms with Gasteiger partial charge in [0.2, 0.25) is 5.91 Å². The van der Waals surface area contributed by atoms with Crippen LogP contribution in [0.15, 0.2) is 22.8 Å². The summed E-state index contributed by atoms with van der Waals surface area (Å²) in [6.45, 7) is 2.53. The molecule has 0 aromatic carbocycles. The van der Waals surface area contributed by atoms with Gasteiger partial charge in [0.1, 0.15) is 11.5 Å². The quantitative estimate of drug-likeness (QED) is 0.816. The van der Waals surface area contributed by atoms with Crippen molar-refractivity contribution in [3.63, 3.8) is 0 Å². The summed E-state index contributed by atoms with van der Waals surface area (Å²) in [5.41, 5.74) is 0. The second-order valence-corrected chi connectivity index (χ2v) is 8.61. The lowest BCUT2D eigenvalue weighted by Crippen LogP contribution is -2.59. The number of hydrogen-bond donors (Lipinski definition) is 0. The number of amides is 1. The first kappa shape index (κ1) is 15.6. The maximum absolute atomic E-state index is 12.4. The molecule has 0 radical (unpaired) electrons. The third-order valence-corrected chi connectivity index (χ3v) is 6.66. The van der Waals surface area contributed by atoms with Crippen LogP contribution in [0.25, 0.3) is 0 Å². The fourth-order valence-electron chi connectivity index (χ4n) is 3.07. The van der Waals surface area contributed by atoms with E-state index in [-0.39, 0.29) is 17.6 Å². The lowest BCUT2D eigenvalue weighted by molar-refractivity contribution is -0.140. The highest BCUT2D eigenvalue weighted by molar-refractivity contribution is 7.91. The van der Waals surface area contributed by atoms with Gasteiger partial charge in [0.15, 0.2) is 9.84 Å². The number of nitrogens with zero attached hydrogens (tertiary/aromatic N) is 2. The Kier molecular flexibility index (Phi) is 4.27. The minimum absolute atomic E-state index is 0.0601. The van der Waals surface area contributed by atoms with Crippen molar-refractivity contribution in [2.24, 2.45) is 5.92 Å². The first-order chi connectivity index (χ1) is 10.5. The largest absolute Gasteiger partial charge is 0.468 e. The van der Waals surface area contributed by atoms with Crippen molar-refractivity contribution >= 4 is 15.7 Å². The van der Waals surface area contributed by atoms with Gasteiger partial charge in [-0.2, -0.15) is 0 Å². The van der Waals surface area contributed by atoms with Gasteiger partial charge in [0, 0.05) is 19.0 Å². The number of likely N-dealkylation sites (tertiary alicyclic amines) is 2. The average Bonchev–Trinajstić information content (AvgIpc) is 2.89. The highest BCUT2D eigenvalue weighted by atomic mass is 32.2. The number of rotatable bonds is 4. The third kappa shape index (κ3) is 3.20. The third-order valence-electron chi connectivity index (χ3n) is 4.66. The molecule has 2 aliphatic rings. The molecule has 2 aliphatic heterocycles. The normalized spacial score (nSPS) is 21.8. The van der Waals surface area contributed by atoms with Crippen molar-refractivity contribution in [3.8, 4) is 0 Å². The number of carbonyl (C=O) groups excluding carboxylic acids is 1. The van der Waals surface area contributed by atoms with Gasteiger partial charge in [-0.1, -0.05) is 0 Å². The summed E-state index contributed by atoms with van der Waals surface area (Å²) < 4.78 is 29.6. The van der Waals surface area contributed by atoms with E-state index in [0.29, 0.717) is 18.8 Å². The minimum Gasteiger partial charge on any atom is -0.468 e. The molecule has 0 N–H and O–H groups in total. The first-order valence-corrected chi connectivity index (χ1v) is 9.38. The lowest BCUT2D eigenvalue weighted by Gasteiger charge is -2.41. The maximum atomic E-state index is 12.4. The monoisotopic (exact) mass is 326 g/mol. The van der Waals surface area contributed by atoms with Crippen molar-refractivity contribution in [1.82, 2.24) is 9.80 Å². The number of furan rings is 1. The zero-order valence-corrected chi connectivity index (χ0v) is 13.6. The second kappa shape index (κ2) is 6.04. The molecule has 0 spiro atoms. The van der Waals surface area contributed by atoms with Crippen molar-refractivity contribution < 1.29 is 17.6 Å². The van der Waals surface area contributed by atoms with Crippen LogP contribution in [-0.4, -0.2) is 62.6 Å². The Labute approximate surface area is 131 Å². The Hall–Kier alpha value is -1.34. The van der Waals surface area contributed by atoms with Crippen molar-refractivity contribution in [3.05, 3.63) is 24.2 Å². The molecule has 2 fully saturated rings. The standard InChI is InChI=1S/C15H22N2O4S/c1-16-6-4-12(5-7-16)15(18)17-9-14(10-17)22(19,20)11-13-3-2-8-21-13/h2-3,8,12,14H,4-7,9-11H2,1H3. The fraction of sp³-hybridized carbons (Fsp3) is 0.667. The number of hydrogen-bond acceptors (Lipinski definition) is 5. The van der Waals surface area contributed by atoms with E-state index < -0.39 is 15.1 Å². The minimum atomic E-state index is -3.25. The summed E-state index contributed by atoms with van der Waals surface area (Å²) in [7, 11) is -1.19. The maximum Gasteiger partial charge on any atom is 0.225 e. The van der Waals surface area contributed by atoms with Gasteiger partial charge < -0.3 is 14.2 Å². The molecule has 122 valence electrons. The molecule has 0 unspecified atom stereocenters. The van der Waals surface area contributed by atoms with Crippen LogP contribution in [0.1, 0.15) is 18.6 Å². The molecule has 3 rings (SSSR count). The lowest BCUT2D eigenvalue weighted by atomic mass is 9.94. The predicted octanol–water partition coefficient (Wildman–Crippen LogP) is 0.747. The Bertz CT molecular complexity index is 612. The number of carbonyl (C=O) groups is 1. The van der Waals surface area contributed by atoms with Crippen molar-refractivity contribution in [2.75, 3.05) is 33.2 Å². The summed E-state index contributed by atoms with van der Waals surface area (Å²) in [4.78, 5) is 16.3. The van der Waals surface area contributed by atoms with E-state index >= 15 is 0 Å². The molecule has 7 heteroatoms. The van der Waals surface area contributed by atoms with E-state index in [2.05, 4.69) is 11.9 Å². The van der Waals surface area contributed by atoms with Crippen LogP contribution in [-0.2, 0) is 20.4 Å². The summed E-state index contributed by atoms with van der Waals surface area (Å²) >= 11 is 0. The van der Waals surface area contributed by atoms with Crippen LogP contribution in [0.4, 0.5) is 0 Å². The molecule has 0 saturated carbocycles. The molecular weight excluding hydrogens is 304 g/mol. The Morgan fingerprint density at radius 1 is 1.32 bits per heavy atom. The van der Waals surface area contributed by atoms with Gasteiger partial charge in [-0.15, -0.1) is 0 Å². The van der Waals surface area contributed by atoms with E-state index in [9.17, 15) is 13.2 Å². The van der Waals surface area contributed by atoms with E-state index in [1.54, 1.807) is 17.0 Å². The molecule has 22 heavy (non-hydrogen) atoms. The van der Waals surface area contributed by atoms with Gasteiger partial charge in [-0.25, -0.2) is 8.42 Å². The summed E-state index contributed by atoms with van der Waals surface area (Å²) in [5.74, 6) is 0.559. The van der Waals surface area contributed by atoms with E-state index in [1.165, 1.54) is 6.26 Å². The van der Waals surface area contributed by atoms with Gasteiger partial charge in [0.05, 0.1) is 11.5 Å². The SMILES string of the molecule is CN1CCC(C(=O)N2CC(S(=O)(=O)Cc3ccco3)C2)CC1. The van der Waals surface area contributed by atoms with Crippen molar-refractivity contribution in [2.45, 2.75) is 23.8 Å². The fourth-order valence-corrected chi connectivity index (χ4v) is 4.68. The van der Waals surface area contributed by atoms with Gasteiger partial charge in [-0.3, -0.25) is 4.79 Å². The first-order valence-electron chi connectivity index (χ1n) is 7.67. The Balaban J connectivity index is 1.52. The molecule has 0 aliphatic carbocycles. The van der Waals surface area contributed by atoms with Crippen LogP contribution >= 0.6 is 0 Å². The number of piperidine rings is 1. The van der Waals surface area contributed by atoms with Crippen LogP contribution in [0.5, 0.6) is 0 Å². The van der Waals surface area contributed by atoms with Gasteiger partial charge in [-0.05, 0) is 45.1 Å². The highest BCUT2D eigenvalue weighted by Crippen LogP contribution is 2.25. The zero-order valence-electron chi connectivity index (χ0n) is 12.8. The molecule has 1 aromatic heterocycles. The molecule has 0 bridgehead atoms. The van der Waals surface area contributed by atoms with Crippen LogP contribution < -0.4 is 0 Å². The van der Waals surface area contributed by atoms with Crippen LogP contribution in [0, 0.1) is 5.92 Å². The van der Waals surface area contributed by atoms with Crippen LogP contribution in [0.2, 0.25) is 0 Å². The average molecular weight is 326 g/mol. The van der Waals surface area contributed by atoms with Crippen LogP contribution in [0.3, 0.4) is 0 Å². The Morgan fingerprint density at radius 2 is 2.00 bits per heavy atom. The summed E-state index contributed by atoms with van der Waals surface area (Å²) in [6.07, 6.45) is 3.22. The zero-order chi connectivity index (χ0) is 15.7. The second-order valence-electron chi connectivity index (χ2n) is 6.33. The Morgan fingerprint density at radius 3 is 2.59 bits per heavy atom. The smallest absolute Gasteiger partial charge is 0.225 e. The molecule has 1 aromatic rings.